The van der Waals surface area contributed by atoms with Gasteiger partial charge in [0.15, 0.2) is 5.58 Å². The van der Waals surface area contributed by atoms with Crippen LogP contribution in [0.25, 0.3) is 11.1 Å². The molecule has 0 spiro atoms. The molecule has 1 aromatic carbocycles. The number of nitrogens with zero attached hydrogens (tertiary/aromatic N) is 1. The average molecular weight is 203 g/mol. The van der Waals surface area contributed by atoms with E-state index in [-0.39, 0.29) is 0 Å². The number of quaternary nitrogens is 1. The molecule has 1 atom stereocenters. The third-order valence-electron chi connectivity index (χ3n) is 3.07. The van der Waals surface area contributed by atoms with E-state index in [1.54, 1.807) is 0 Å². The zero-order valence-corrected chi connectivity index (χ0v) is 8.65. The molecule has 0 amide bonds. The molecule has 15 heavy (non-hydrogen) atoms. The molecule has 78 valence electrons. The highest BCUT2D eigenvalue weighted by atomic mass is 16.3. The number of piperidine rings is 1. The van der Waals surface area contributed by atoms with E-state index >= 15 is 0 Å². The Morgan fingerprint density at radius 2 is 2.27 bits per heavy atom. The van der Waals surface area contributed by atoms with Crippen LogP contribution in [0.4, 0.5) is 0 Å². The van der Waals surface area contributed by atoms with Crippen molar-refractivity contribution >= 4 is 11.1 Å². The van der Waals surface area contributed by atoms with Gasteiger partial charge >= 0.3 is 0 Å². The molecule has 1 aliphatic heterocycles. The van der Waals surface area contributed by atoms with Gasteiger partial charge in [0, 0.05) is 0 Å². The number of aromatic nitrogens is 1. The first kappa shape index (κ1) is 8.92. The summed E-state index contributed by atoms with van der Waals surface area (Å²) in [4.78, 5) is 4.55. The Balaban J connectivity index is 1.96. The topological polar surface area (TPSA) is 42.6 Å². The first-order chi connectivity index (χ1) is 7.43. The number of rotatable bonds is 1. The van der Waals surface area contributed by atoms with E-state index < -0.39 is 0 Å². The van der Waals surface area contributed by atoms with Crippen molar-refractivity contribution < 1.29 is 9.73 Å². The zero-order valence-electron chi connectivity index (χ0n) is 8.65. The molecule has 2 aromatic rings. The number of oxazole rings is 1. The number of hydrogen-bond acceptors (Lipinski definition) is 2. The van der Waals surface area contributed by atoms with Crippen molar-refractivity contribution in [1.29, 1.82) is 0 Å². The van der Waals surface area contributed by atoms with Crippen LogP contribution in [0.1, 0.15) is 24.7 Å². The van der Waals surface area contributed by atoms with Crippen LogP contribution in [0.15, 0.2) is 28.7 Å². The maximum atomic E-state index is 5.78. The third kappa shape index (κ3) is 1.63. The van der Waals surface area contributed by atoms with Crippen LogP contribution in [0.5, 0.6) is 0 Å². The Morgan fingerprint density at radius 1 is 1.33 bits per heavy atom. The van der Waals surface area contributed by atoms with Crippen LogP contribution in [-0.2, 0) is 0 Å². The summed E-state index contributed by atoms with van der Waals surface area (Å²) in [6.45, 7) is 2.36. The van der Waals surface area contributed by atoms with Crippen LogP contribution in [0.2, 0.25) is 0 Å². The van der Waals surface area contributed by atoms with Crippen LogP contribution in [0.3, 0.4) is 0 Å². The lowest BCUT2D eigenvalue weighted by molar-refractivity contribution is -0.665. The molecular weight excluding hydrogens is 188 g/mol. The minimum absolute atomic E-state index is 0.506. The molecule has 1 aliphatic rings. The first-order valence-electron chi connectivity index (χ1n) is 5.60. The van der Waals surface area contributed by atoms with Gasteiger partial charge in [-0.3, -0.25) is 0 Å². The monoisotopic (exact) mass is 203 g/mol. The maximum absolute atomic E-state index is 5.78. The first-order valence-corrected chi connectivity index (χ1v) is 5.60. The van der Waals surface area contributed by atoms with E-state index in [2.05, 4.69) is 10.3 Å². The smallest absolute Gasteiger partial charge is 0.204 e. The van der Waals surface area contributed by atoms with Gasteiger partial charge in [0.2, 0.25) is 5.89 Å². The molecule has 1 aromatic heterocycles. The molecule has 2 heterocycles. The Kier molecular flexibility index (Phi) is 2.18. The summed E-state index contributed by atoms with van der Waals surface area (Å²) in [5.41, 5.74) is 1.90. The summed E-state index contributed by atoms with van der Waals surface area (Å²) in [6.07, 6.45) is 2.48. The molecule has 3 rings (SSSR count). The van der Waals surface area contributed by atoms with Crippen LogP contribution >= 0.6 is 0 Å². The van der Waals surface area contributed by atoms with Crippen LogP contribution in [-0.4, -0.2) is 18.1 Å². The maximum Gasteiger partial charge on any atom is 0.204 e. The second-order valence-electron chi connectivity index (χ2n) is 4.17. The SMILES string of the molecule is c1ccc2oc([C@@H]3CCC[NH2+]C3)nc2c1. The number of hydrogen-bond donors (Lipinski definition) is 1. The highest BCUT2D eigenvalue weighted by Gasteiger charge is 2.22. The number of nitrogens with two attached hydrogens (primary N) is 1. The fraction of sp³-hybridized carbons (Fsp3) is 0.417. The molecule has 0 saturated carbocycles. The van der Waals surface area contributed by atoms with Gasteiger partial charge < -0.3 is 9.73 Å². The second kappa shape index (κ2) is 3.66. The van der Waals surface area contributed by atoms with E-state index in [9.17, 15) is 0 Å². The van der Waals surface area contributed by atoms with Crippen molar-refractivity contribution in [3.05, 3.63) is 30.2 Å². The summed E-state index contributed by atoms with van der Waals surface area (Å²) in [5, 5.41) is 2.35. The minimum Gasteiger partial charge on any atom is -0.440 e. The highest BCUT2D eigenvalue weighted by Crippen LogP contribution is 2.24. The molecule has 1 saturated heterocycles. The fourth-order valence-electron chi connectivity index (χ4n) is 2.23. The van der Waals surface area contributed by atoms with Gasteiger partial charge in [-0.2, -0.15) is 0 Å². The minimum atomic E-state index is 0.506. The summed E-state index contributed by atoms with van der Waals surface area (Å²) >= 11 is 0. The van der Waals surface area contributed by atoms with E-state index in [4.69, 9.17) is 4.42 Å². The van der Waals surface area contributed by atoms with Crippen LogP contribution in [0, 0.1) is 0 Å². The lowest BCUT2D eigenvalue weighted by Gasteiger charge is -2.16. The summed E-state index contributed by atoms with van der Waals surface area (Å²) in [7, 11) is 0. The van der Waals surface area contributed by atoms with Crippen molar-refractivity contribution in [3.8, 4) is 0 Å². The van der Waals surface area contributed by atoms with Crippen LogP contribution < -0.4 is 5.32 Å². The van der Waals surface area contributed by atoms with E-state index in [1.807, 2.05) is 24.3 Å². The number of para-hydroxylation sites is 2. The molecule has 0 unspecified atom stereocenters. The van der Waals surface area contributed by atoms with Crippen molar-refractivity contribution in [2.45, 2.75) is 18.8 Å². The molecule has 0 bridgehead atoms. The molecular formula is C12H15N2O+. The van der Waals surface area contributed by atoms with Crippen molar-refractivity contribution in [3.63, 3.8) is 0 Å². The summed E-state index contributed by atoms with van der Waals surface area (Å²) in [6, 6.07) is 7.99. The Morgan fingerprint density at radius 3 is 3.07 bits per heavy atom. The van der Waals surface area contributed by atoms with Gasteiger partial charge in [-0.05, 0) is 25.0 Å². The van der Waals surface area contributed by atoms with Crippen molar-refractivity contribution in [1.82, 2.24) is 4.98 Å². The van der Waals surface area contributed by atoms with Crippen molar-refractivity contribution in [2.24, 2.45) is 0 Å². The summed E-state index contributed by atoms with van der Waals surface area (Å²) in [5.74, 6) is 1.43. The predicted octanol–water partition coefficient (Wildman–Crippen LogP) is 1.27. The molecule has 3 heteroatoms. The molecule has 2 N–H and O–H groups in total. The number of benzene rings is 1. The van der Waals surface area contributed by atoms with Gasteiger partial charge in [0.25, 0.3) is 0 Å². The van der Waals surface area contributed by atoms with Gasteiger partial charge in [-0.1, -0.05) is 12.1 Å². The van der Waals surface area contributed by atoms with Gasteiger partial charge in [-0.25, -0.2) is 4.98 Å². The third-order valence-corrected chi connectivity index (χ3v) is 3.07. The van der Waals surface area contributed by atoms with Gasteiger partial charge in [0.05, 0.1) is 19.0 Å². The predicted molar refractivity (Wildman–Crippen MR) is 57.6 cm³/mol. The molecule has 3 nitrogen and oxygen atoms in total. The quantitative estimate of drug-likeness (QED) is 0.758. The summed E-state index contributed by atoms with van der Waals surface area (Å²) < 4.78 is 5.78. The van der Waals surface area contributed by atoms with E-state index in [1.165, 1.54) is 19.4 Å². The number of fused-ring (bicyclic) bond motifs is 1. The Hall–Kier alpha value is -1.35. The molecule has 0 radical (unpaired) electrons. The van der Waals surface area contributed by atoms with Gasteiger partial charge in [-0.15, -0.1) is 0 Å². The zero-order chi connectivity index (χ0) is 10.1. The lowest BCUT2D eigenvalue weighted by atomic mass is 10.00. The molecule has 0 aliphatic carbocycles. The fourth-order valence-corrected chi connectivity index (χ4v) is 2.23. The second-order valence-corrected chi connectivity index (χ2v) is 4.17. The Labute approximate surface area is 88.5 Å². The largest absolute Gasteiger partial charge is 0.440 e. The van der Waals surface area contributed by atoms with E-state index in [0.29, 0.717) is 5.92 Å². The average Bonchev–Trinajstić information content (AvgIpc) is 2.74. The standard InChI is InChI=1S/C12H14N2O/c1-2-6-11-10(5-1)14-12(15-11)9-4-3-7-13-8-9/h1-2,5-6,9,13H,3-4,7-8H2/p+1/t9-/m1/s1. The van der Waals surface area contributed by atoms with Gasteiger partial charge in [0.1, 0.15) is 5.52 Å². The van der Waals surface area contributed by atoms with E-state index in [0.717, 1.165) is 23.5 Å². The Bertz CT molecular complexity index is 424. The molecule has 1 fully saturated rings. The highest BCUT2D eigenvalue weighted by molar-refractivity contribution is 5.72. The normalized spacial score (nSPS) is 22.0. The lowest BCUT2D eigenvalue weighted by Crippen LogP contribution is -2.86. The van der Waals surface area contributed by atoms with Crippen molar-refractivity contribution in [2.75, 3.05) is 13.1 Å².